The molecule has 0 atom stereocenters. The molecule has 0 saturated heterocycles. The monoisotopic (exact) mass is 231 g/mol. The highest BCUT2D eigenvalue weighted by Gasteiger charge is 2.12. The van der Waals surface area contributed by atoms with E-state index in [0.29, 0.717) is 0 Å². The molecule has 1 aromatic heterocycles. The first kappa shape index (κ1) is 11.9. The fourth-order valence-corrected chi connectivity index (χ4v) is 2.19. The third-order valence-corrected chi connectivity index (χ3v) is 3.09. The highest BCUT2D eigenvalue weighted by molar-refractivity contribution is 5.82. The summed E-state index contributed by atoms with van der Waals surface area (Å²) in [4.78, 5) is 17.0. The summed E-state index contributed by atoms with van der Waals surface area (Å²) in [5.74, 6) is 0. The molecule has 3 nitrogen and oxygen atoms in total. The van der Waals surface area contributed by atoms with E-state index in [-0.39, 0.29) is 5.43 Å². The number of rotatable bonds is 2. The van der Waals surface area contributed by atoms with Gasteiger partial charge in [-0.2, -0.15) is 0 Å². The van der Waals surface area contributed by atoms with Crippen LogP contribution in [0.4, 0.5) is 0 Å². The van der Waals surface area contributed by atoms with Gasteiger partial charge in [0.1, 0.15) is 6.54 Å². The summed E-state index contributed by atoms with van der Waals surface area (Å²) in [6.45, 7) is 4.76. The molecule has 17 heavy (non-hydrogen) atoms. The zero-order valence-electron chi connectivity index (χ0n) is 10.8. The summed E-state index contributed by atoms with van der Waals surface area (Å²) in [6.07, 6.45) is 0. The van der Waals surface area contributed by atoms with Gasteiger partial charge in [0.15, 0.2) is 5.43 Å². The van der Waals surface area contributed by atoms with Gasteiger partial charge in [0.05, 0.1) is 25.2 Å². The Labute approximate surface area is 101 Å². The fourth-order valence-electron chi connectivity index (χ4n) is 2.19. The number of hydrogen-bond donors (Lipinski definition) is 2. The van der Waals surface area contributed by atoms with E-state index < -0.39 is 0 Å². The molecule has 90 valence electrons. The molecule has 3 heteroatoms. The molecular weight excluding hydrogens is 212 g/mol. The van der Waals surface area contributed by atoms with Crippen LogP contribution >= 0.6 is 0 Å². The smallest absolute Gasteiger partial charge is 0.198 e. The van der Waals surface area contributed by atoms with Gasteiger partial charge in [0.2, 0.25) is 0 Å². The number of hydrogen-bond acceptors (Lipinski definition) is 1. The second kappa shape index (κ2) is 4.34. The minimum atomic E-state index is 0.168. The van der Waals surface area contributed by atoms with Crippen LogP contribution in [0.1, 0.15) is 16.8 Å². The van der Waals surface area contributed by atoms with Crippen LogP contribution in [0.15, 0.2) is 23.0 Å². The number of aromatic nitrogens is 1. The largest absolute Gasteiger partial charge is 0.358 e. The van der Waals surface area contributed by atoms with Gasteiger partial charge in [0.25, 0.3) is 0 Å². The lowest BCUT2D eigenvalue weighted by Crippen LogP contribution is -3.04. The first-order chi connectivity index (χ1) is 8.00. The van der Waals surface area contributed by atoms with Gasteiger partial charge in [-0.1, -0.05) is 12.1 Å². The summed E-state index contributed by atoms with van der Waals surface area (Å²) >= 11 is 0. The lowest BCUT2D eigenvalue weighted by molar-refractivity contribution is -0.872. The zero-order chi connectivity index (χ0) is 12.6. The third-order valence-electron chi connectivity index (χ3n) is 3.09. The SMILES string of the molecule is Cc1[nH]c2c(C)cccc2c(=O)c1C[NH+](C)C. The zero-order valence-corrected chi connectivity index (χ0v) is 10.8. The summed E-state index contributed by atoms with van der Waals surface area (Å²) in [6, 6.07) is 5.86. The second-order valence-electron chi connectivity index (χ2n) is 4.94. The predicted octanol–water partition coefficient (Wildman–Crippen LogP) is 0.789. The molecule has 0 spiro atoms. The van der Waals surface area contributed by atoms with E-state index in [1.165, 1.54) is 4.90 Å². The molecule has 0 fully saturated rings. The van der Waals surface area contributed by atoms with Crippen molar-refractivity contribution in [3.05, 3.63) is 45.2 Å². The van der Waals surface area contributed by atoms with Crippen molar-refractivity contribution in [2.45, 2.75) is 20.4 Å². The minimum absolute atomic E-state index is 0.168. The van der Waals surface area contributed by atoms with Crippen LogP contribution in [-0.4, -0.2) is 19.1 Å². The molecule has 0 bridgehead atoms. The number of aromatic amines is 1. The van der Waals surface area contributed by atoms with E-state index in [4.69, 9.17) is 0 Å². The van der Waals surface area contributed by atoms with Crippen molar-refractivity contribution >= 4 is 10.9 Å². The topological polar surface area (TPSA) is 37.3 Å². The predicted molar refractivity (Wildman–Crippen MR) is 70.6 cm³/mol. The van der Waals surface area contributed by atoms with E-state index in [2.05, 4.69) is 19.1 Å². The van der Waals surface area contributed by atoms with E-state index in [1.807, 2.05) is 32.0 Å². The Morgan fingerprint density at radius 3 is 2.59 bits per heavy atom. The fraction of sp³-hybridized carbons (Fsp3) is 0.357. The maximum Gasteiger partial charge on any atom is 0.198 e. The first-order valence-electron chi connectivity index (χ1n) is 5.91. The summed E-state index contributed by atoms with van der Waals surface area (Å²) < 4.78 is 0. The van der Waals surface area contributed by atoms with E-state index in [1.54, 1.807) is 0 Å². The van der Waals surface area contributed by atoms with Crippen molar-refractivity contribution in [2.24, 2.45) is 0 Å². The van der Waals surface area contributed by atoms with Crippen LogP contribution in [0.5, 0.6) is 0 Å². The number of aryl methyl sites for hydroxylation is 2. The molecule has 0 amide bonds. The van der Waals surface area contributed by atoms with Gasteiger partial charge in [-0.25, -0.2) is 0 Å². The average Bonchev–Trinajstić information content (AvgIpc) is 2.26. The molecule has 0 aliphatic rings. The van der Waals surface area contributed by atoms with Gasteiger partial charge in [-0.15, -0.1) is 0 Å². The summed E-state index contributed by atoms with van der Waals surface area (Å²) in [5, 5.41) is 0.798. The van der Waals surface area contributed by atoms with Crippen LogP contribution in [0, 0.1) is 13.8 Å². The van der Waals surface area contributed by atoms with E-state index in [0.717, 1.165) is 34.3 Å². The number of benzene rings is 1. The molecule has 0 aliphatic carbocycles. The Balaban J connectivity index is 2.77. The highest BCUT2D eigenvalue weighted by atomic mass is 16.1. The lowest BCUT2D eigenvalue weighted by atomic mass is 10.1. The van der Waals surface area contributed by atoms with Crippen LogP contribution in [0.25, 0.3) is 10.9 Å². The van der Waals surface area contributed by atoms with Crippen molar-refractivity contribution < 1.29 is 4.90 Å². The second-order valence-corrected chi connectivity index (χ2v) is 4.94. The maximum atomic E-state index is 12.4. The molecule has 0 aliphatic heterocycles. The number of para-hydroxylation sites is 1. The average molecular weight is 231 g/mol. The maximum absolute atomic E-state index is 12.4. The Kier molecular flexibility index (Phi) is 3.03. The van der Waals surface area contributed by atoms with Crippen molar-refractivity contribution in [1.29, 1.82) is 0 Å². The Bertz CT molecular complexity index is 611. The Hall–Kier alpha value is -1.61. The Morgan fingerprint density at radius 1 is 1.24 bits per heavy atom. The standard InChI is InChI=1S/C14H18N2O/c1-9-6-5-7-11-13(9)15-10(2)12(14(11)17)8-16(3)4/h5-7H,8H2,1-4H3,(H,15,17)/p+1. The normalized spacial score (nSPS) is 11.4. The molecule has 2 N–H and O–H groups in total. The number of nitrogens with one attached hydrogen (secondary N) is 2. The summed E-state index contributed by atoms with van der Waals surface area (Å²) in [7, 11) is 4.11. The van der Waals surface area contributed by atoms with Gasteiger partial charge >= 0.3 is 0 Å². The number of quaternary nitrogens is 1. The summed E-state index contributed by atoms with van der Waals surface area (Å²) in [5.41, 5.74) is 4.13. The quantitative estimate of drug-likeness (QED) is 0.788. The van der Waals surface area contributed by atoms with Gasteiger partial charge in [-0.05, 0) is 25.5 Å². The number of H-pyrrole nitrogens is 1. The van der Waals surface area contributed by atoms with Crippen molar-refractivity contribution in [3.8, 4) is 0 Å². The van der Waals surface area contributed by atoms with E-state index in [9.17, 15) is 4.79 Å². The molecule has 2 aromatic rings. The molecule has 0 unspecified atom stereocenters. The molecular formula is C14H19N2O+. The molecule has 1 heterocycles. The number of fused-ring (bicyclic) bond motifs is 1. The van der Waals surface area contributed by atoms with Crippen LogP contribution in [0.3, 0.4) is 0 Å². The number of pyridine rings is 1. The molecule has 1 aromatic carbocycles. The van der Waals surface area contributed by atoms with Gasteiger partial charge in [0, 0.05) is 11.1 Å². The molecule has 0 saturated carbocycles. The molecule has 2 rings (SSSR count). The first-order valence-corrected chi connectivity index (χ1v) is 5.91. The van der Waals surface area contributed by atoms with Crippen molar-refractivity contribution in [3.63, 3.8) is 0 Å². The van der Waals surface area contributed by atoms with Gasteiger partial charge in [-0.3, -0.25) is 4.79 Å². The van der Waals surface area contributed by atoms with Crippen LogP contribution in [0.2, 0.25) is 0 Å². The third kappa shape index (κ3) is 2.11. The van der Waals surface area contributed by atoms with Crippen molar-refractivity contribution in [2.75, 3.05) is 14.1 Å². The van der Waals surface area contributed by atoms with Gasteiger partial charge < -0.3 is 9.88 Å². The Morgan fingerprint density at radius 2 is 1.94 bits per heavy atom. The highest BCUT2D eigenvalue weighted by Crippen LogP contribution is 2.14. The molecule has 0 radical (unpaired) electrons. The van der Waals surface area contributed by atoms with Crippen LogP contribution < -0.4 is 10.3 Å². The van der Waals surface area contributed by atoms with Crippen LogP contribution in [-0.2, 0) is 6.54 Å². The van der Waals surface area contributed by atoms with Crippen molar-refractivity contribution in [1.82, 2.24) is 4.98 Å². The lowest BCUT2D eigenvalue weighted by Gasteiger charge is -2.11. The van der Waals surface area contributed by atoms with E-state index >= 15 is 0 Å². The minimum Gasteiger partial charge on any atom is -0.358 e.